The third-order valence-corrected chi connectivity index (χ3v) is 2.14. The Morgan fingerprint density at radius 1 is 1.36 bits per heavy atom. The molecular formula is C8H8N2S. The Bertz CT molecular complexity index is 334. The van der Waals surface area contributed by atoms with Gasteiger partial charge in [-0.25, -0.2) is 4.09 Å². The maximum atomic E-state index is 4.31. The van der Waals surface area contributed by atoms with Crippen LogP contribution in [0.5, 0.6) is 0 Å². The van der Waals surface area contributed by atoms with E-state index in [9.17, 15) is 0 Å². The van der Waals surface area contributed by atoms with Crippen LogP contribution in [0.4, 0.5) is 0 Å². The van der Waals surface area contributed by atoms with Crippen LogP contribution in [0.3, 0.4) is 0 Å². The lowest BCUT2D eigenvalue weighted by molar-refractivity contribution is 1.04. The van der Waals surface area contributed by atoms with Gasteiger partial charge in [-0.1, -0.05) is 18.2 Å². The first-order valence-corrected chi connectivity index (χ1v) is 4.57. The van der Waals surface area contributed by atoms with Crippen molar-refractivity contribution in [1.29, 1.82) is 0 Å². The molecule has 0 fully saturated rings. The molecule has 0 N–H and O–H groups in total. The molecule has 56 valence electrons. The monoisotopic (exact) mass is 164 g/mol. The molecule has 2 nitrogen and oxygen atoms in total. The summed E-state index contributed by atoms with van der Waals surface area (Å²) in [5, 5.41) is 5.51. The van der Waals surface area contributed by atoms with E-state index in [2.05, 4.69) is 11.2 Å². The Kier molecular flexibility index (Phi) is 1.58. The van der Waals surface area contributed by atoms with Gasteiger partial charge in [0.05, 0.1) is 5.52 Å². The number of aromatic nitrogens is 2. The highest BCUT2D eigenvalue weighted by Gasteiger charge is 1.95. The van der Waals surface area contributed by atoms with Crippen molar-refractivity contribution >= 4 is 22.9 Å². The van der Waals surface area contributed by atoms with Crippen LogP contribution < -0.4 is 0 Å². The quantitative estimate of drug-likeness (QED) is 0.642. The summed E-state index contributed by atoms with van der Waals surface area (Å²) in [5.74, 6) is 0. The van der Waals surface area contributed by atoms with Gasteiger partial charge in [-0.2, -0.15) is 5.10 Å². The van der Waals surface area contributed by atoms with Gasteiger partial charge in [-0.3, -0.25) is 0 Å². The molecule has 1 aromatic carbocycles. The number of hydrogen-bond acceptors (Lipinski definition) is 2. The lowest BCUT2D eigenvalue weighted by Crippen LogP contribution is -1.81. The van der Waals surface area contributed by atoms with Crippen LogP contribution in [0.15, 0.2) is 30.5 Å². The van der Waals surface area contributed by atoms with Crippen molar-refractivity contribution in [2.24, 2.45) is 0 Å². The molecule has 0 bridgehead atoms. The molecule has 2 aromatic rings. The van der Waals surface area contributed by atoms with Gasteiger partial charge in [0.15, 0.2) is 0 Å². The number of rotatable bonds is 1. The molecule has 1 aromatic heterocycles. The molecule has 11 heavy (non-hydrogen) atoms. The molecule has 0 aliphatic carbocycles. The number of fused-ring (bicyclic) bond motifs is 1. The summed E-state index contributed by atoms with van der Waals surface area (Å²) in [4.78, 5) is 0. The fourth-order valence-electron chi connectivity index (χ4n) is 1.04. The predicted molar refractivity (Wildman–Crippen MR) is 48.6 cm³/mol. The Morgan fingerprint density at radius 2 is 2.18 bits per heavy atom. The van der Waals surface area contributed by atoms with Gasteiger partial charge in [-0.05, 0) is 18.0 Å². The SMILES string of the molecule is CSn1cc2ccccc2n1. The minimum absolute atomic E-state index is 1.06. The van der Waals surface area contributed by atoms with E-state index in [1.807, 2.05) is 34.7 Å². The summed E-state index contributed by atoms with van der Waals surface area (Å²) < 4.78 is 1.87. The van der Waals surface area contributed by atoms with Crippen molar-refractivity contribution in [3.63, 3.8) is 0 Å². The van der Waals surface area contributed by atoms with E-state index in [4.69, 9.17) is 0 Å². The van der Waals surface area contributed by atoms with E-state index >= 15 is 0 Å². The zero-order valence-electron chi connectivity index (χ0n) is 6.19. The van der Waals surface area contributed by atoms with E-state index in [-0.39, 0.29) is 0 Å². The highest BCUT2D eigenvalue weighted by Crippen LogP contribution is 2.13. The zero-order valence-corrected chi connectivity index (χ0v) is 7.01. The van der Waals surface area contributed by atoms with E-state index in [0.717, 1.165) is 5.52 Å². The fourth-order valence-corrected chi connectivity index (χ4v) is 1.42. The first kappa shape index (κ1) is 6.73. The molecule has 3 heteroatoms. The van der Waals surface area contributed by atoms with Crippen LogP contribution in [0, 0.1) is 0 Å². The van der Waals surface area contributed by atoms with Gasteiger partial charge in [0.25, 0.3) is 0 Å². The summed E-state index contributed by atoms with van der Waals surface area (Å²) in [7, 11) is 0. The lowest BCUT2D eigenvalue weighted by Gasteiger charge is -1.86. The average molecular weight is 164 g/mol. The lowest BCUT2D eigenvalue weighted by atomic mass is 10.3. The minimum atomic E-state index is 1.06. The van der Waals surface area contributed by atoms with Crippen molar-refractivity contribution in [1.82, 2.24) is 9.19 Å². The van der Waals surface area contributed by atoms with Gasteiger partial charge in [0.2, 0.25) is 0 Å². The van der Waals surface area contributed by atoms with Crippen LogP contribution in [0.2, 0.25) is 0 Å². The minimum Gasteiger partial charge on any atom is -0.213 e. The van der Waals surface area contributed by atoms with Crippen LogP contribution in [-0.2, 0) is 0 Å². The summed E-state index contributed by atoms with van der Waals surface area (Å²) in [6.45, 7) is 0. The van der Waals surface area contributed by atoms with Gasteiger partial charge in [0, 0.05) is 17.8 Å². The second-order valence-electron chi connectivity index (χ2n) is 2.27. The number of benzene rings is 1. The molecular weight excluding hydrogens is 156 g/mol. The van der Waals surface area contributed by atoms with Gasteiger partial charge >= 0.3 is 0 Å². The van der Waals surface area contributed by atoms with Crippen molar-refractivity contribution < 1.29 is 0 Å². The third kappa shape index (κ3) is 1.12. The van der Waals surface area contributed by atoms with Crippen molar-refractivity contribution in [2.45, 2.75) is 0 Å². The molecule has 0 aliphatic heterocycles. The molecule has 0 radical (unpaired) electrons. The Hall–Kier alpha value is -0.960. The molecule has 0 saturated heterocycles. The molecule has 0 aliphatic rings. The highest BCUT2D eigenvalue weighted by atomic mass is 32.2. The first-order valence-electron chi connectivity index (χ1n) is 3.39. The molecule has 0 atom stereocenters. The maximum absolute atomic E-state index is 4.31. The smallest absolute Gasteiger partial charge is 0.0933 e. The molecule has 1 heterocycles. The zero-order chi connectivity index (χ0) is 7.68. The predicted octanol–water partition coefficient (Wildman–Crippen LogP) is 2.16. The Morgan fingerprint density at radius 3 is 2.91 bits per heavy atom. The summed E-state index contributed by atoms with van der Waals surface area (Å²) in [6.07, 6.45) is 4.03. The fraction of sp³-hybridized carbons (Fsp3) is 0.125. The van der Waals surface area contributed by atoms with Gasteiger partial charge < -0.3 is 0 Å². The van der Waals surface area contributed by atoms with Gasteiger partial charge in [-0.15, -0.1) is 0 Å². The summed E-state index contributed by atoms with van der Waals surface area (Å²) >= 11 is 1.60. The van der Waals surface area contributed by atoms with Crippen LogP contribution in [-0.4, -0.2) is 15.4 Å². The van der Waals surface area contributed by atoms with E-state index in [1.165, 1.54) is 5.39 Å². The van der Waals surface area contributed by atoms with Crippen molar-refractivity contribution in [3.8, 4) is 0 Å². The Balaban J connectivity index is 2.69. The number of nitrogens with zero attached hydrogens (tertiary/aromatic N) is 2. The Labute approximate surface area is 69.3 Å². The van der Waals surface area contributed by atoms with E-state index in [1.54, 1.807) is 11.9 Å². The van der Waals surface area contributed by atoms with Crippen LogP contribution in [0.25, 0.3) is 10.9 Å². The van der Waals surface area contributed by atoms with Crippen LogP contribution >= 0.6 is 11.9 Å². The maximum Gasteiger partial charge on any atom is 0.0933 e. The first-order chi connectivity index (χ1) is 5.40. The van der Waals surface area contributed by atoms with Crippen LogP contribution in [0.1, 0.15) is 0 Å². The third-order valence-electron chi connectivity index (χ3n) is 1.58. The highest BCUT2D eigenvalue weighted by molar-refractivity contribution is 7.97. The van der Waals surface area contributed by atoms with Crippen molar-refractivity contribution in [3.05, 3.63) is 30.5 Å². The second kappa shape index (κ2) is 2.58. The normalized spacial score (nSPS) is 10.6. The van der Waals surface area contributed by atoms with E-state index in [0.29, 0.717) is 0 Å². The second-order valence-corrected chi connectivity index (χ2v) is 3.01. The largest absolute Gasteiger partial charge is 0.213 e. The van der Waals surface area contributed by atoms with Gasteiger partial charge in [0.1, 0.15) is 0 Å². The van der Waals surface area contributed by atoms with Crippen molar-refractivity contribution in [2.75, 3.05) is 6.26 Å². The molecule has 0 amide bonds. The average Bonchev–Trinajstić information content (AvgIpc) is 2.46. The standard InChI is InChI=1S/C8H8N2S/c1-11-10-6-7-4-2-3-5-8(7)9-10/h2-6H,1H3. The molecule has 0 unspecified atom stereocenters. The summed E-state index contributed by atoms with van der Waals surface area (Å²) in [6, 6.07) is 8.10. The molecule has 0 spiro atoms. The van der Waals surface area contributed by atoms with E-state index < -0.39 is 0 Å². The molecule has 0 saturated carbocycles. The topological polar surface area (TPSA) is 17.8 Å². The molecule has 2 rings (SSSR count). The number of hydrogen-bond donors (Lipinski definition) is 0. The summed E-state index contributed by atoms with van der Waals surface area (Å²) in [5.41, 5.74) is 1.06.